The van der Waals surface area contributed by atoms with Gasteiger partial charge in [-0.15, -0.1) is 0 Å². The molecule has 1 fully saturated rings. The summed E-state index contributed by atoms with van der Waals surface area (Å²) < 4.78 is 5.56. The average molecular weight is 476 g/mol. The van der Waals surface area contributed by atoms with Crippen molar-refractivity contribution in [2.75, 3.05) is 20.1 Å². The predicted octanol–water partition coefficient (Wildman–Crippen LogP) is 3.79. The van der Waals surface area contributed by atoms with Crippen molar-refractivity contribution < 1.29 is 24.2 Å². The number of carboxylic acid groups (broad SMARTS) is 1. The third kappa shape index (κ3) is 7.19. The van der Waals surface area contributed by atoms with Crippen molar-refractivity contribution in [2.45, 2.75) is 77.8 Å². The molecule has 2 amide bonds. The number of nitrogens with one attached hydrogen (secondary N) is 2. The molecule has 1 heterocycles. The lowest BCUT2D eigenvalue weighted by atomic mass is 9.74. The van der Waals surface area contributed by atoms with Gasteiger partial charge in [-0.3, -0.25) is 4.79 Å². The van der Waals surface area contributed by atoms with E-state index in [1.807, 2.05) is 12.1 Å². The minimum atomic E-state index is -1.11. The van der Waals surface area contributed by atoms with Crippen molar-refractivity contribution >= 4 is 18.0 Å². The lowest BCUT2D eigenvalue weighted by Gasteiger charge is -2.35. The number of likely N-dealkylation sites (tertiary alicyclic amines) is 1. The summed E-state index contributed by atoms with van der Waals surface area (Å²) in [4.78, 5) is 39.3. The third-order valence-electron chi connectivity index (χ3n) is 6.80. The number of nitrogens with zero attached hydrogens (tertiary/aromatic N) is 1. The largest absolute Gasteiger partial charge is 0.480 e. The van der Waals surface area contributed by atoms with E-state index in [0.29, 0.717) is 5.75 Å². The van der Waals surface area contributed by atoms with Crippen LogP contribution in [0.25, 0.3) is 0 Å². The van der Waals surface area contributed by atoms with Gasteiger partial charge in [0.1, 0.15) is 17.8 Å². The number of carbonyl (C=O) groups excluding carboxylic acids is 2. The maximum Gasteiger partial charge on any atom is 0.413 e. The predicted molar refractivity (Wildman–Crippen MR) is 132 cm³/mol. The SMILES string of the molecule is CCC1(c2cccc(OC(=O)N[C@@H](C(=O)N[C@@H](C(=O)O)C(C)C)C(C)C)c2)CCCCN(C)C1. The standard InChI is InChI=1S/C26H41N3O5/c1-7-26(13-8-9-14-29(6)16-26)19-11-10-12-20(15-19)34-25(33)28-21(17(2)3)23(30)27-22(18(4)5)24(31)32/h10-12,15,17-18,21-22H,7-9,13-14,16H2,1-6H3,(H,27,30)(H,28,33)(H,31,32)/t21-,22-,26?/m1/s1. The number of rotatable bonds is 9. The molecule has 1 aromatic rings. The Hall–Kier alpha value is -2.61. The zero-order valence-corrected chi connectivity index (χ0v) is 21.4. The number of benzene rings is 1. The lowest BCUT2D eigenvalue weighted by molar-refractivity contribution is -0.143. The molecular formula is C26H41N3O5. The van der Waals surface area contributed by atoms with E-state index >= 15 is 0 Å². The summed E-state index contributed by atoms with van der Waals surface area (Å²) in [5, 5.41) is 14.5. The zero-order chi connectivity index (χ0) is 25.5. The maximum atomic E-state index is 12.7. The summed E-state index contributed by atoms with van der Waals surface area (Å²) in [6, 6.07) is 5.69. The molecule has 0 spiro atoms. The number of carboxylic acids is 1. The molecule has 1 aliphatic rings. The molecule has 0 aliphatic carbocycles. The molecule has 1 saturated heterocycles. The molecule has 34 heavy (non-hydrogen) atoms. The second-order valence-electron chi connectivity index (χ2n) is 10.2. The first-order chi connectivity index (χ1) is 16.0. The van der Waals surface area contributed by atoms with E-state index in [9.17, 15) is 19.5 Å². The summed E-state index contributed by atoms with van der Waals surface area (Å²) in [5.41, 5.74) is 1.15. The van der Waals surface area contributed by atoms with Gasteiger partial charge in [0.25, 0.3) is 0 Å². The van der Waals surface area contributed by atoms with E-state index in [4.69, 9.17) is 4.74 Å². The Balaban J connectivity index is 2.13. The minimum Gasteiger partial charge on any atom is -0.480 e. The fourth-order valence-electron chi connectivity index (χ4n) is 4.69. The summed E-state index contributed by atoms with van der Waals surface area (Å²) >= 11 is 0. The van der Waals surface area contributed by atoms with Crippen LogP contribution in [0.2, 0.25) is 0 Å². The van der Waals surface area contributed by atoms with Gasteiger partial charge in [0.05, 0.1) is 0 Å². The van der Waals surface area contributed by atoms with Gasteiger partial charge in [-0.2, -0.15) is 0 Å². The van der Waals surface area contributed by atoms with Crippen LogP contribution >= 0.6 is 0 Å². The molecule has 1 aliphatic heterocycles. The summed E-state index contributed by atoms with van der Waals surface area (Å²) in [5.74, 6) is -1.79. The molecule has 0 aromatic heterocycles. The highest BCUT2D eigenvalue weighted by Crippen LogP contribution is 2.37. The molecule has 0 bridgehead atoms. The topological polar surface area (TPSA) is 108 Å². The molecule has 8 nitrogen and oxygen atoms in total. The van der Waals surface area contributed by atoms with Crippen LogP contribution in [0.15, 0.2) is 24.3 Å². The number of likely N-dealkylation sites (N-methyl/N-ethyl adjacent to an activating group) is 1. The number of amides is 2. The van der Waals surface area contributed by atoms with Gasteiger partial charge in [0, 0.05) is 12.0 Å². The number of hydrogen-bond acceptors (Lipinski definition) is 5. The Morgan fingerprint density at radius 3 is 2.35 bits per heavy atom. The van der Waals surface area contributed by atoms with Gasteiger partial charge in [0.2, 0.25) is 5.91 Å². The quantitative estimate of drug-likeness (QED) is 0.502. The highest BCUT2D eigenvalue weighted by atomic mass is 16.6. The van der Waals surface area contributed by atoms with Crippen LogP contribution in [0.3, 0.4) is 0 Å². The van der Waals surface area contributed by atoms with Crippen LogP contribution in [0.5, 0.6) is 5.75 Å². The van der Waals surface area contributed by atoms with Gasteiger partial charge in [-0.05, 0) is 62.4 Å². The highest BCUT2D eigenvalue weighted by Gasteiger charge is 2.34. The molecule has 1 unspecified atom stereocenters. The smallest absolute Gasteiger partial charge is 0.413 e. The molecule has 0 saturated carbocycles. The lowest BCUT2D eigenvalue weighted by Crippen LogP contribution is -2.55. The molecular weight excluding hydrogens is 434 g/mol. The Labute approximate surface area is 203 Å². The fraction of sp³-hybridized carbons (Fsp3) is 0.654. The Bertz CT molecular complexity index is 857. The average Bonchev–Trinajstić information content (AvgIpc) is 2.97. The van der Waals surface area contributed by atoms with Crippen LogP contribution in [0, 0.1) is 11.8 Å². The van der Waals surface area contributed by atoms with Crippen molar-refractivity contribution in [2.24, 2.45) is 11.8 Å². The van der Waals surface area contributed by atoms with Crippen LogP contribution in [-0.4, -0.2) is 60.2 Å². The maximum absolute atomic E-state index is 12.7. The van der Waals surface area contributed by atoms with Gasteiger partial charge in [-0.25, -0.2) is 9.59 Å². The Kier molecular flexibility index (Phi) is 9.91. The van der Waals surface area contributed by atoms with Crippen molar-refractivity contribution in [3.8, 4) is 5.75 Å². The second-order valence-corrected chi connectivity index (χ2v) is 10.2. The van der Waals surface area contributed by atoms with E-state index in [-0.39, 0.29) is 17.3 Å². The van der Waals surface area contributed by atoms with Gasteiger partial charge in [0.15, 0.2) is 0 Å². The van der Waals surface area contributed by atoms with Crippen LogP contribution in [-0.2, 0) is 15.0 Å². The van der Waals surface area contributed by atoms with Crippen molar-refractivity contribution in [1.82, 2.24) is 15.5 Å². The van der Waals surface area contributed by atoms with Crippen LogP contribution < -0.4 is 15.4 Å². The van der Waals surface area contributed by atoms with E-state index < -0.39 is 30.1 Å². The molecule has 0 radical (unpaired) electrons. The molecule has 3 N–H and O–H groups in total. The van der Waals surface area contributed by atoms with E-state index in [0.717, 1.165) is 37.9 Å². The number of aliphatic carboxylic acids is 1. The fourth-order valence-corrected chi connectivity index (χ4v) is 4.69. The molecule has 8 heteroatoms. The first kappa shape index (κ1) is 27.6. The van der Waals surface area contributed by atoms with Crippen molar-refractivity contribution in [3.63, 3.8) is 0 Å². The summed E-state index contributed by atoms with van der Waals surface area (Å²) in [6.07, 6.45) is 3.66. The Morgan fingerprint density at radius 1 is 1.09 bits per heavy atom. The van der Waals surface area contributed by atoms with E-state index in [1.165, 1.54) is 6.42 Å². The minimum absolute atomic E-state index is 0.00411. The number of hydrogen-bond donors (Lipinski definition) is 3. The zero-order valence-electron chi connectivity index (χ0n) is 21.4. The van der Waals surface area contributed by atoms with Crippen molar-refractivity contribution in [3.05, 3.63) is 29.8 Å². The normalized spacial score (nSPS) is 20.9. The molecule has 2 rings (SSSR count). The van der Waals surface area contributed by atoms with Gasteiger partial charge >= 0.3 is 12.1 Å². The van der Waals surface area contributed by atoms with Crippen molar-refractivity contribution in [1.29, 1.82) is 0 Å². The van der Waals surface area contributed by atoms with Gasteiger partial charge in [-0.1, -0.05) is 53.2 Å². The molecule has 1 aromatic carbocycles. The summed E-state index contributed by atoms with van der Waals surface area (Å²) in [7, 11) is 2.15. The molecule has 3 atom stereocenters. The summed E-state index contributed by atoms with van der Waals surface area (Å²) in [6.45, 7) is 11.2. The first-order valence-corrected chi connectivity index (χ1v) is 12.3. The first-order valence-electron chi connectivity index (χ1n) is 12.3. The van der Waals surface area contributed by atoms with E-state index in [2.05, 4.69) is 35.6 Å². The monoisotopic (exact) mass is 475 g/mol. The van der Waals surface area contributed by atoms with E-state index in [1.54, 1.807) is 33.8 Å². The highest BCUT2D eigenvalue weighted by molar-refractivity contribution is 5.89. The number of carbonyl (C=O) groups is 3. The Morgan fingerprint density at radius 2 is 1.76 bits per heavy atom. The third-order valence-corrected chi connectivity index (χ3v) is 6.80. The molecule has 190 valence electrons. The second kappa shape index (κ2) is 12.2. The number of ether oxygens (including phenoxy) is 1. The van der Waals surface area contributed by atoms with Crippen LogP contribution in [0.1, 0.15) is 65.9 Å². The van der Waals surface area contributed by atoms with Crippen LogP contribution in [0.4, 0.5) is 4.79 Å². The van der Waals surface area contributed by atoms with Gasteiger partial charge < -0.3 is 25.4 Å².